The molecule has 2 aromatic rings. The third-order valence-electron chi connectivity index (χ3n) is 5.87. The molecule has 1 N–H and O–H groups in total. The van der Waals surface area contributed by atoms with Crippen molar-refractivity contribution in [1.82, 2.24) is 4.90 Å². The van der Waals surface area contributed by atoms with E-state index >= 15 is 0 Å². The molecule has 5 heteroatoms. The first-order valence-electron chi connectivity index (χ1n) is 9.68. The van der Waals surface area contributed by atoms with Crippen LogP contribution in [0.5, 0.6) is 0 Å². The van der Waals surface area contributed by atoms with Gasteiger partial charge in [-0.1, -0.05) is 71.4 Å². The molecular weight excluding hydrogens is 418 g/mol. The van der Waals surface area contributed by atoms with Crippen molar-refractivity contribution >= 4 is 27.7 Å². The Bertz CT molecular complexity index is 867. The Morgan fingerprint density at radius 2 is 1.93 bits per heavy atom. The molecule has 1 saturated heterocycles. The fourth-order valence-corrected chi connectivity index (χ4v) is 4.84. The number of hydrogen-bond donors (Lipinski definition) is 1. The van der Waals surface area contributed by atoms with Gasteiger partial charge in [-0.2, -0.15) is 0 Å². The van der Waals surface area contributed by atoms with Crippen molar-refractivity contribution in [3.63, 3.8) is 0 Å². The quantitative estimate of drug-likeness (QED) is 0.661. The lowest BCUT2D eigenvalue weighted by Gasteiger charge is -2.46. The number of carboxylic acid groups (broad SMARTS) is 1. The van der Waals surface area contributed by atoms with E-state index in [2.05, 4.69) is 20.8 Å². The van der Waals surface area contributed by atoms with Crippen molar-refractivity contribution in [3.05, 3.63) is 69.7 Å². The third-order valence-corrected chi connectivity index (χ3v) is 7.01. The van der Waals surface area contributed by atoms with Crippen LogP contribution in [0.3, 0.4) is 0 Å². The number of carboxylic acids is 1. The lowest BCUT2D eigenvalue weighted by Crippen LogP contribution is -2.61. The molecule has 1 aliphatic rings. The lowest BCUT2D eigenvalue weighted by molar-refractivity contribution is -0.164. The highest BCUT2D eigenvalue weighted by Gasteiger charge is 2.55. The maximum Gasteiger partial charge on any atom is 0.319 e. The largest absolute Gasteiger partial charge is 0.480 e. The zero-order valence-corrected chi connectivity index (χ0v) is 17.9. The van der Waals surface area contributed by atoms with Crippen LogP contribution in [0.25, 0.3) is 0 Å². The second-order valence-electron chi connectivity index (χ2n) is 7.55. The van der Waals surface area contributed by atoms with Gasteiger partial charge in [0.05, 0.1) is 0 Å². The molecule has 0 bridgehead atoms. The summed E-state index contributed by atoms with van der Waals surface area (Å²) >= 11 is 3.59. The summed E-state index contributed by atoms with van der Waals surface area (Å²) in [7, 11) is 0. The summed E-state index contributed by atoms with van der Waals surface area (Å²) in [6.07, 6.45) is 1.07. The van der Waals surface area contributed by atoms with Gasteiger partial charge in [-0.15, -0.1) is 0 Å². The van der Waals surface area contributed by atoms with Gasteiger partial charge >= 0.3 is 5.97 Å². The van der Waals surface area contributed by atoms with Crippen molar-refractivity contribution in [2.45, 2.75) is 45.7 Å². The zero-order chi connectivity index (χ0) is 20.3. The van der Waals surface area contributed by atoms with Gasteiger partial charge in [0.15, 0.2) is 5.78 Å². The minimum absolute atomic E-state index is 0.162. The summed E-state index contributed by atoms with van der Waals surface area (Å²) in [5.41, 5.74) is 1.61. The molecule has 0 radical (unpaired) electrons. The molecule has 0 saturated carbocycles. The number of benzene rings is 2. The van der Waals surface area contributed by atoms with Crippen LogP contribution in [0.4, 0.5) is 0 Å². The van der Waals surface area contributed by atoms with E-state index in [9.17, 15) is 14.7 Å². The van der Waals surface area contributed by atoms with Gasteiger partial charge < -0.3 is 5.11 Å². The molecule has 1 aliphatic heterocycles. The summed E-state index contributed by atoms with van der Waals surface area (Å²) in [6, 6.07) is 15.5. The normalized spacial score (nSPS) is 23.0. The zero-order valence-electron chi connectivity index (χ0n) is 16.3. The van der Waals surface area contributed by atoms with Gasteiger partial charge in [-0.05, 0) is 36.5 Å². The van der Waals surface area contributed by atoms with Gasteiger partial charge in [0.25, 0.3) is 0 Å². The summed E-state index contributed by atoms with van der Waals surface area (Å²) in [6.45, 7) is 5.19. The Hall–Kier alpha value is -1.98. The van der Waals surface area contributed by atoms with Gasteiger partial charge in [-0.25, -0.2) is 0 Å². The number of carbonyl (C=O) groups excluding carboxylic acids is 1. The van der Waals surface area contributed by atoms with Crippen LogP contribution in [-0.4, -0.2) is 34.3 Å². The number of aliphatic carboxylic acids is 1. The van der Waals surface area contributed by atoms with Crippen molar-refractivity contribution in [1.29, 1.82) is 0 Å². The van der Waals surface area contributed by atoms with E-state index in [1.807, 2.05) is 62.4 Å². The highest BCUT2D eigenvalue weighted by Crippen LogP contribution is 2.41. The number of ketones is 1. The van der Waals surface area contributed by atoms with E-state index in [1.54, 1.807) is 0 Å². The number of Topliss-reactive ketones (excluding diaryl/α,β-unsaturated/α-hetero) is 1. The summed E-state index contributed by atoms with van der Waals surface area (Å²) in [5.74, 6) is -1.18. The lowest BCUT2D eigenvalue weighted by atomic mass is 9.67. The van der Waals surface area contributed by atoms with Crippen LogP contribution in [-0.2, 0) is 22.6 Å². The molecule has 3 rings (SSSR count). The monoisotopic (exact) mass is 443 g/mol. The van der Waals surface area contributed by atoms with Crippen LogP contribution >= 0.6 is 15.9 Å². The van der Waals surface area contributed by atoms with Crippen LogP contribution < -0.4 is 0 Å². The average Bonchev–Trinajstić information content (AvgIpc) is 2.68. The maximum atomic E-state index is 13.1. The van der Waals surface area contributed by atoms with Gasteiger partial charge in [-0.3, -0.25) is 14.5 Å². The van der Waals surface area contributed by atoms with Crippen molar-refractivity contribution in [2.24, 2.45) is 5.41 Å². The van der Waals surface area contributed by atoms with Crippen LogP contribution in [0, 0.1) is 12.3 Å². The SMILES string of the molecule is CCC1N(Cc2ccccc2)CCC(=O)C1(Cc1cccc(C)c1Br)C(=O)O. The molecule has 0 amide bonds. The van der Waals surface area contributed by atoms with Crippen molar-refractivity contribution < 1.29 is 14.7 Å². The standard InChI is InChI=1S/C23H26BrNO3/c1-3-19-23(22(27)28,14-18-11-7-8-16(2)21(18)24)20(26)12-13-25(19)15-17-9-5-4-6-10-17/h4-11,19H,3,12-15H2,1-2H3,(H,27,28). The smallest absolute Gasteiger partial charge is 0.319 e. The molecule has 0 spiro atoms. The molecule has 28 heavy (non-hydrogen) atoms. The summed E-state index contributed by atoms with van der Waals surface area (Å²) in [4.78, 5) is 27.9. The Morgan fingerprint density at radius 1 is 1.21 bits per heavy atom. The van der Waals surface area contributed by atoms with Crippen molar-refractivity contribution in [3.8, 4) is 0 Å². The number of piperidine rings is 1. The molecule has 1 fully saturated rings. The minimum Gasteiger partial charge on any atom is -0.480 e. The van der Waals surface area contributed by atoms with Gasteiger partial charge in [0.1, 0.15) is 5.41 Å². The van der Waals surface area contributed by atoms with Crippen molar-refractivity contribution in [2.75, 3.05) is 6.54 Å². The second-order valence-corrected chi connectivity index (χ2v) is 8.35. The molecule has 4 nitrogen and oxygen atoms in total. The number of carbonyl (C=O) groups is 2. The van der Waals surface area contributed by atoms with Crippen LogP contribution in [0.15, 0.2) is 53.0 Å². The van der Waals surface area contributed by atoms with Gasteiger partial charge in [0, 0.05) is 30.0 Å². The Morgan fingerprint density at radius 3 is 2.57 bits per heavy atom. The van der Waals surface area contributed by atoms with Crippen LogP contribution in [0.1, 0.15) is 36.5 Å². The number of hydrogen-bond acceptors (Lipinski definition) is 3. The number of rotatable bonds is 6. The van der Waals surface area contributed by atoms with Gasteiger partial charge in [0.2, 0.25) is 0 Å². The predicted molar refractivity (Wildman–Crippen MR) is 113 cm³/mol. The number of aryl methyl sites for hydroxylation is 1. The molecule has 2 atom stereocenters. The summed E-state index contributed by atoms with van der Waals surface area (Å²) in [5, 5.41) is 10.3. The Kier molecular flexibility index (Phi) is 6.36. The summed E-state index contributed by atoms with van der Waals surface area (Å²) < 4.78 is 0.887. The van der Waals surface area contributed by atoms with E-state index in [1.165, 1.54) is 0 Å². The topological polar surface area (TPSA) is 57.6 Å². The fourth-order valence-electron chi connectivity index (χ4n) is 4.43. The highest BCUT2D eigenvalue weighted by atomic mass is 79.9. The predicted octanol–water partition coefficient (Wildman–Crippen LogP) is 4.62. The Labute approximate surface area is 174 Å². The molecule has 1 heterocycles. The van der Waals surface area contributed by atoms with E-state index in [4.69, 9.17) is 0 Å². The van der Waals surface area contributed by atoms with E-state index in [-0.39, 0.29) is 24.7 Å². The molecule has 2 unspecified atom stereocenters. The van der Waals surface area contributed by atoms with E-state index in [0.717, 1.165) is 21.2 Å². The third kappa shape index (κ3) is 3.78. The van der Waals surface area contributed by atoms with E-state index < -0.39 is 11.4 Å². The molecule has 0 aliphatic carbocycles. The first-order valence-corrected chi connectivity index (χ1v) is 10.5. The minimum atomic E-state index is -1.43. The first kappa shape index (κ1) is 20.7. The first-order chi connectivity index (χ1) is 13.4. The fraction of sp³-hybridized carbons (Fsp3) is 0.391. The number of nitrogens with zero attached hydrogens (tertiary/aromatic N) is 1. The maximum absolute atomic E-state index is 13.1. The van der Waals surface area contributed by atoms with E-state index in [0.29, 0.717) is 19.5 Å². The number of likely N-dealkylation sites (tertiary alicyclic amines) is 1. The van der Waals surface area contributed by atoms with Crippen LogP contribution in [0.2, 0.25) is 0 Å². The molecule has 0 aromatic heterocycles. The molecule has 2 aromatic carbocycles. The highest BCUT2D eigenvalue weighted by molar-refractivity contribution is 9.10. The second kappa shape index (κ2) is 8.58. The number of halogens is 1. The molecular formula is C23H26BrNO3. The molecule has 148 valence electrons. The Balaban J connectivity index is 2.01. The average molecular weight is 444 g/mol.